The third-order valence-corrected chi connectivity index (χ3v) is 6.06. The zero-order chi connectivity index (χ0) is 22.0. The first-order valence-electron chi connectivity index (χ1n) is 9.03. The van der Waals surface area contributed by atoms with E-state index in [0.717, 1.165) is 0 Å². The van der Waals surface area contributed by atoms with Gasteiger partial charge in [-0.2, -0.15) is 0 Å². The van der Waals surface area contributed by atoms with Crippen molar-refractivity contribution in [1.29, 1.82) is 0 Å². The monoisotopic (exact) mass is 460 g/mol. The van der Waals surface area contributed by atoms with Gasteiger partial charge in [-0.15, -0.1) is 0 Å². The molecule has 1 aliphatic rings. The van der Waals surface area contributed by atoms with Crippen molar-refractivity contribution in [3.05, 3.63) is 71.2 Å². The molecule has 1 amide bonds. The van der Waals surface area contributed by atoms with Crippen molar-refractivity contribution in [3.8, 4) is 17.2 Å². The van der Waals surface area contributed by atoms with E-state index >= 15 is 0 Å². The normalized spacial score (nSPS) is 12.3. The summed E-state index contributed by atoms with van der Waals surface area (Å²) in [5, 5.41) is 3.07. The minimum atomic E-state index is -3.96. The Morgan fingerprint density at radius 2 is 1.84 bits per heavy atom. The van der Waals surface area contributed by atoms with E-state index in [1.54, 1.807) is 30.3 Å². The molecule has 0 radical (unpaired) electrons. The summed E-state index contributed by atoms with van der Waals surface area (Å²) in [5.41, 5.74) is 0.826. The van der Waals surface area contributed by atoms with Crippen LogP contribution in [0.4, 0.5) is 11.4 Å². The summed E-state index contributed by atoms with van der Waals surface area (Å²) >= 11 is 5.94. The van der Waals surface area contributed by atoms with Crippen molar-refractivity contribution in [2.75, 3.05) is 23.9 Å². The minimum Gasteiger partial charge on any atom is -0.495 e. The molecule has 160 valence electrons. The van der Waals surface area contributed by atoms with Crippen LogP contribution < -0.4 is 24.2 Å². The Hall–Kier alpha value is -3.43. The molecule has 4 rings (SSSR count). The van der Waals surface area contributed by atoms with Crippen LogP contribution in [0, 0.1) is 0 Å². The number of halogens is 1. The number of nitrogens with one attached hydrogen (secondary N) is 2. The summed E-state index contributed by atoms with van der Waals surface area (Å²) in [6.07, 6.45) is 0. The number of sulfonamides is 1. The van der Waals surface area contributed by atoms with Crippen molar-refractivity contribution < 1.29 is 27.4 Å². The van der Waals surface area contributed by atoms with Gasteiger partial charge in [-0.25, -0.2) is 8.42 Å². The van der Waals surface area contributed by atoms with E-state index in [1.807, 2.05) is 0 Å². The Morgan fingerprint density at radius 1 is 1.03 bits per heavy atom. The molecule has 0 aromatic heterocycles. The van der Waals surface area contributed by atoms with Gasteiger partial charge in [0.25, 0.3) is 15.9 Å². The number of benzene rings is 3. The fourth-order valence-electron chi connectivity index (χ4n) is 2.95. The molecule has 0 fully saturated rings. The van der Waals surface area contributed by atoms with Crippen LogP contribution >= 0.6 is 11.6 Å². The Labute approximate surface area is 183 Å². The Kier molecular flexibility index (Phi) is 5.62. The largest absolute Gasteiger partial charge is 0.495 e. The molecular weight excluding hydrogens is 444 g/mol. The molecule has 2 N–H and O–H groups in total. The number of anilines is 2. The Morgan fingerprint density at radius 3 is 2.61 bits per heavy atom. The lowest BCUT2D eigenvalue weighted by Gasteiger charge is -2.14. The van der Waals surface area contributed by atoms with Crippen LogP contribution in [0.3, 0.4) is 0 Å². The first kappa shape index (κ1) is 20.8. The highest BCUT2D eigenvalue weighted by Gasteiger charge is 2.20. The van der Waals surface area contributed by atoms with Crippen LogP contribution in [0.1, 0.15) is 10.4 Å². The zero-order valence-corrected chi connectivity index (χ0v) is 17.8. The highest BCUT2D eigenvalue weighted by atomic mass is 35.5. The van der Waals surface area contributed by atoms with Gasteiger partial charge >= 0.3 is 0 Å². The highest BCUT2D eigenvalue weighted by Crippen LogP contribution is 2.35. The van der Waals surface area contributed by atoms with E-state index in [-0.39, 0.29) is 17.4 Å². The first-order chi connectivity index (χ1) is 14.9. The number of carbonyl (C=O) groups is 1. The quantitative estimate of drug-likeness (QED) is 0.573. The number of carbonyl (C=O) groups excluding carboxylic acids is 1. The molecule has 1 heterocycles. The zero-order valence-electron chi connectivity index (χ0n) is 16.2. The molecule has 3 aromatic carbocycles. The maximum atomic E-state index is 12.9. The fraction of sp³-hybridized carbons (Fsp3) is 0.0952. The van der Waals surface area contributed by atoms with E-state index in [1.165, 1.54) is 37.4 Å². The van der Waals surface area contributed by atoms with Crippen molar-refractivity contribution in [1.82, 2.24) is 0 Å². The fourth-order valence-corrected chi connectivity index (χ4v) is 4.22. The van der Waals surface area contributed by atoms with Gasteiger partial charge in [0.2, 0.25) is 6.79 Å². The SMILES string of the molecule is COc1ccc(S(=O)(=O)Nc2ccc3c(c2)OCO3)cc1NC(=O)c1cccc(Cl)c1. The summed E-state index contributed by atoms with van der Waals surface area (Å²) in [7, 11) is -2.54. The number of fused-ring (bicyclic) bond motifs is 1. The van der Waals surface area contributed by atoms with Crippen LogP contribution in [0.5, 0.6) is 17.2 Å². The molecule has 3 aromatic rings. The third-order valence-electron chi connectivity index (χ3n) is 4.44. The van der Waals surface area contributed by atoms with E-state index in [0.29, 0.717) is 33.5 Å². The van der Waals surface area contributed by atoms with Crippen molar-refractivity contribution >= 4 is 38.9 Å². The summed E-state index contributed by atoms with van der Waals surface area (Å²) in [4.78, 5) is 12.5. The number of rotatable bonds is 6. The average Bonchev–Trinajstić information content (AvgIpc) is 3.21. The van der Waals surface area contributed by atoms with Crippen LogP contribution in [0.2, 0.25) is 5.02 Å². The number of ether oxygens (including phenoxy) is 3. The number of hydrogen-bond acceptors (Lipinski definition) is 6. The average molecular weight is 461 g/mol. The smallest absolute Gasteiger partial charge is 0.261 e. The number of methoxy groups -OCH3 is 1. The standard InChI is InChI=1S/C21H17ClN2O6S/c1-28-18-8-6-16(11-17(18)23-21(25)13-3-2-4-14(22)9-13)31(26,27)24-15-5-7-19-20(10-15)30-12-29-19/h2-11,24H,12H2,1H3,(H,23,25). The number of amides is 1. The third kappa shape index (κ3) is 4.52. The Balaban J connectivity index is 1.60. The molecule has 0 atom stereocenters. The predicted molar refractivity (Wildman–Crippen MR) is 116 cm³/mol. The van der Waals surface area contributed by atoms with Gasteiger partial charge in [0.1, 0.15) is 5.75 Å². The number of hydrogen-bond donors (Lipinski definition) is 2. The van der Waals surface area contributed by atoms with Crippen molar-refractivity contribution in [2.45, 2.75) is 4.90 Å². The van der Waals surface area contributed by atoms with Gasteiger partial charge in [0, 0.05) is 16.7 Å². The second-order valence-electron chi connectivity index (χ2n) is 6.50. The van der Waals surface area contributed by atoms with Gasteiger partial charge in [-0.3, -0.25) is 9.52 Å². The summed E-state index contributed by atoms with van der Waals surface area (Å²) in [5.74, 6) is 0.833. The van der Waals surface area contributed by atoms with E-state index < -0.39 is 15.9 Å². The molecule has 31 heavy (non-hydrogen) atoms. The van der Waals surface area contributed by atoms with E-state index in [4.69, 9.17) is 25.8 Å². The van der Waals surface area contributed by atoms with Crippen LogP contribution in [-0.4, -0.2) is 28.2 Å². The molecule has 0 unspecified atom stereocenters. The molecule has 8 nitrogen and oxygen atoms in total. The summed E-state index contributed by atoms with van der Waals surface area (Å²) < 4.78 is 44.0. The van der Waals surface area contributed by atoms with Crippen molar-refractivity contribution in [2.24, 2.45) is 0 Å². The van der Waals surface area contributed by atoms with E-state index in [2.05, 4.69) is 10.0 Å². The van der Waals surface area contributed by atoms with Gasteiger partial charge in [0.05, 0.1) is 23.4 Å². The molecule has 10 heteroatoms. The summed E-state index contributed by atoms with van der Waals surface area (Å²) in [6.45, 7) is 0.0830. The summed E-state index contributed by atoms with van der Waals surface area (Å²) in [6, 6.07) is 15.3. The van der Waals surface area contributed by atoms with Crippen LogP contribution in [0.25, 0.3) is 0 Å². The molecule has 1 aliphatic heterocycles. The second kappa shape index (κ2) is 8.37. The van der Waals surface area contributed by atoms with Gasteiger partial charge in [0.15, 0.2) is 11.5 Å². The highest BCUT2D eigenvalue weighted by molar-refractivity contribution is 7.92. The molecule has 0 saturated carbocycles. The van der Waals surface area contributed by atoms with Gasteiger partial charge in [-0.05, 0) is 48.5 Å². The molecular formula is C21H17ClN2O6S. The lowest BCUT2D eigenvalue weighted by molar-refractivity contribution is 0.102. The van der Waals surface area contributed by atoms with Crippen molar-refractivity contribution in [3.63, 3.8) is 0 Å². The van der Waals surface area contributed by atoms with Crippen LogP contribution in [0.15, 0.2) is 65.6 Å². The maximum Gasteiger partial charge on any atom is 0.261 e. The lowest BCUT2D eigenvalue weighted by Crippen LogP contribution is -2.15. The van der Waals surface area contributed by atoms with Gasteiger partial charge < -0.3 is 19.5 Å². The molecule has 0 bridgehead atoms. The lowest BCUT2D eigenvalue weighted by atomic mass is 10.2. The molecule has 0 aliphatic carbocycles. The predicted octanol–water partition coefficient (Wildman–Crippen LogP) is 4.13. The second-order valence-corrected chi connectivity index (χ2v) is 8.62. The molecule has 0 spiro atoms. The van der Waals surface area contributed by atoms with E-state index in [9.17, 15) is 13.2 Å². The minimum absolute atomic E-state index is 0.0626. The Bertz CT molecular complexity index is 1260. The van der Waals surface area contributed by atoms with Crippen LogP contribution in [-0.2, 0) is 10.0 Å². The maximum absolute atomic E-state index is 12.9. The van der Waals surface area contributed by atoms with Gasteiger partial charge in [-0.1, -0.05) is 17.7 Å². The molecule has 0 saturated heterocycles. The topological polar surface area (TPSA) is 103 Å². The first-order valence-corrected chi connectivity index (χ1v) is 10.9.